The van der Waals surface area contributed by atoms with Gasteiger partial charge in [0.1, 0.15) is 11.4 Å². The van der Waals surface area contributed by atoms with E-state index >= 15 is 0 Å². The van der Waals surface area contributed by atoms with Gasteiger partial charge >= 0.3 is 18.0 Å². The molecule has 0 amide bonds. The van der Waals surface area contributed by atoms with Crippen LogP contribution in [0, 0.1) is 6.92 Å². The van der Waals surface area contributed by atoms with Crippen LogP contribution in [0.25, 0.3) is 11.4 Å². The summed E-state index contributed by atoms with van der Waals surface area (Å²) in [5, 5.41) is 0. The van der Waals surface area contributed by atoms with E-state index in [-0.39, 0.29) is 27.7 Å². The Balaban J connectivity index is 2.54. The van der Waals surface area contributed by atoms with Crippen LogP contribution in [-0.4, -0.2) is 46.7 Å². The summed E-state index contributed by atoms with van der Waals surface area (Å²) >= 11 is 3.05. The number of halogens is 8. The number of imidazole rings is 1. The second kappa shape index (κ2) is 7.52. The molecule has 0 atom stereocenters. The van der Waals surface area contributed by atoms with Gasteiger partial charge in [0.15, 0.2) is 9.84 Å². The van der Waals surface area contributed by atoms with Gasteiger partial charge in [-0.25, -0.2) is 13.4 Å². The summed E-state index contributed by atoms with van der Waals surface area (Å²) in [7, 11) is -3.84. The predicted molar refractivity (Wildman–Crippen MR) is 91.6 cm³/mol. The van der Waals surface area contributed by atoms with Gasteiger partial charge in [0.25, 0.3) is 0 Å². The zero-order valence-corrected chi connectivity index (χ0v) is 17.1. The van der Waals surface area contributed by atoms with Gasteiger partial charge in [0, 0.05) is 16.4 Å². The van der Waals surface area contributed by atoms with Gasteiger partial charge in [-0.05, 0) is 28.9 Å². The lowest BCUT2D eigenvalue weighted by atomic mass is 10.1. The molecule has 2 rings (SSSR count). The number of sulfone groups is 1. The van der Waals surface area contributed by atoms with E-state index in [1.807, 2.05) is 0 Å². The molecule has 0 saturated heterocycles. The van der Waals surface area contributed by atoms with Gasteiger partial charge in [-0.3, -0.25) is 4.98 Å². The first kappa shape index (κ1) is 23.6. The van der Waals surface area contributed by atoms with Gasteiger partial charge in [-0.1, -0.05) is 6.92 Å². The highest BCUT2D eigenvalue weighted by atomic mass is 79.9. The third kappa shape index (κ3) is 4.27. The molecule has 0 spiro atoms. The van der Waals surface area contributed by atoms with Crippen LogP contribution in [0.4, 0.5) is 30.7 Å². The Bertz CT molecular complexity index is 1020. The van der Waals surface area contributed by atoms with Gasteiger partial charge in [-0.15, -0.1) is 0 Å². The Kier molecular flexibility index (Phi) is 6.12. The summed E-state index contributed by atoms with van der Waals surface area (Å²) in [5.74, 6) is -12.1. The molecule has 0 aliphatic heterocycles. The minimum Gasteiger partial charge on any atom is -0.328 e. The average molecular weight is 512 g/mol. The Hall–Kier alpha value is -1.70. The van der Waals surface area contributed by atoms with Crippen LogP contribution in [0.15, 0.2) is 28.0 Å². The molecule has 2 aromatic rings. The van der Waals surface area contributed by atoms with Crippen molar-refractivity contribution in [1.29, 1.82) is 0 Å². The molecule has 14 heteroatoms. The fourth-order valence-corrected chi connectivity index (χ4v) is 3.89. The van der Waals surface area contributed by atoms with E-state index < -0.39 is 34.4 Å². The Morgan fingerprint density at radius 3 is 2.17 bits per heavy atom. The topological polar surface area (TPSA) is 64.8 Å². The molecule has 0 aliphatic carbocycles. The second-order valence-electron chi connectivity index (χ2n) is 5.99. The zero-order valence-electron chi connectivity index (χ0n) is 14.7. The smallest absolute Gasteiger partial charge is 0.328 e. The Labute approximate surface area is 169 Å². The molecule has 0 saturated carbocycles. The summed E-state index contributed by atoms with van der Waals surface area (Å²) in [6, 6.07) is 1.20. The molecule has 2 heterocycles. The second-order valence-corrected chi connectivity index (χ2v) is 9.15. The highest BCUT2D eigenvalue weighted by Crippen LogP contribution is 2.47. The number of alkyl halides is 7. The zero-order chi connectivity index (χ0) is 22.4. The molecule has 0 aliphatic rings. The number of rotatable bonds is 6. The SMILES string of the molecule is CCS(=O)(=O)c1cc(Br)cnc1-c1ncn(CC(F)(F)C(F)(F)C(F)(F)F)c1C. The van der Waals surface area contributed by atoms with E-state index in [2.05, 4.69) is 25.9 Å². The normalized spacial score (nSPS) is 13.7. The number of hydrogen-bond donors (Lipinski definition) is 0. The maximum Gasteiger partial charge on any atom is 0.459 e. The summed E-state index contributed by atoms with van der Waals surface area (Å²) in [6.07, 6.45) is -4.63. The van der Waals surface area contributed by atoms with E-state index in [0.717, 1.165) is 6.92 Å². The highest BCUT2D eigenvalue weighted by molar-refractivity contribution is 9.10. The summed E-state index contributed by atoms with van der Waals surface area (Å²) < 4.78 is 116. The van der Waals surface area contributed by atoms with Crippen molar-refractivity contribution in [3.8, 4) is 11.4 Å². The third-order valence-corrected chi connectivity index (χ3v) is 6.22. The molecular weight excluding hydrogens is 499 g/mol. The predicted octanol–water partition coefficient (Wildman–Crippen LogP) is 4.64. The van der Waals surface area contributed by atoms with Crippen molar-refractivity contribution in [3.05, 3.63) is 28.8 Å². The highest BCUT2D eigenvalue weighted by Gasteiger charge is 2.72. The molecule has 0 fully saturated rings. The van der Waals surface area contributed by atoms with Gasteiger partial charge in [0.05, 0.1) is 23.5 Å². The molecule has 0 N–H and O–H groups in total. The van der Waals surface area contributed by atoms with Crippen molar-refractivity contribution in [3.63, 3.8) is 0 Å². The van der Waals surface area contributed by atoms with Crippen LogP contribution >= 0.6 is 15.9 Å². The van der Waals surface area contributed by atoms with E-state index in [1.165, 1.54) is 19.2 Å². The minimum absolute atomic E-state index is 0.239. The van der Waals surface area contributed by atoms with Crippen LogP contribution < -0.4 is 0 Å². The Morgan fingerprint density at radius 1 is 1.07 bits per heavy atom. The molecular formula is C15H13BrF7N3O2S. The minimum atomic E-state index is -6.45. The van der Waals surface area contributed by atoms with E-state index in [4.69, 9.17) is 0 Å². The molecule has 29 heavy (non-hydrogen) atoms. The largest absolute Gasteiger partial charge is 0.459 e. The summed E-state index contributed by atoms with van der Waals surface area (Å²) in [4.78, 5) is 7.32. The maximum absolute atomic E-state index is 13.7. The maximum atomic E-state index is 13.7. The number of aromatic nitrogens is 3. The number of nitrogens with zero attached hydrogens (tertiary/aromatic N) is 3. The third-order valence-electron chi connectivity index (χ3n) is 4.04. The lowest BCUT2D eigenvalue weighted by Gasteiger charge is -2.28. The average Bonchev–Trinajstić information content (AvgIpc) is 2.94. The summed E-state index contributed by atoms with van der Waals surface area (Å²) in [5.41, 5.74) is -0.738. The molecule has 0 aromatic carbocycles. The molecule has 162 valence electrons. The molecule has 0 radical (unpaired) electrons. The van der Waals surface area contributed by atoms with Crippen LogP contribution in [0.1, 0.15) is 12.6 Å². The van der Waals surface area contributed by atoms with Crippen LogP contribution in [-0.2, 0) is 16.4 Å². The molecule has 0 unspecified atom stereocenters. The van der Waals surface area contributed by atoms with Crippen molar-refractivity contribution < 1.29 is 39.2 Å². The van der Waals surface area contributed by atoms with Crippen molar-refractivity contribution in [1.82, 2.24) is 14.5 Å². The van der Waals surface area contributed by atoms with Crippen molar-refractivity contribution >= 4 is 25.8 Å². The van der Waals surface area contributed by atoms with Crippen LogP contribution in [0.2, 0.25) is 0 Å². The lowest BCUT2D eigenvalue weighted by Crippen LogP contribution is -2.53. The van der Waals surface area contributed by atoms with E-state index in [1.54, 1.807) is 0 Å². The van der Waals surface area contributed by atoms with Crippen LogP contribution in [0.3, 0.4) is 0 Å². The van der Waals surface area contributed by atoms with Crippen molar-refractivity contribution in [2.45, 2.75) is 43.3 Å². The van der Waals surface area contributed by atoms with Gasteiger partial charge in [-0.2, -0.15) is 30.7 Å². The number of pyridine rings is 1. The first-order chi connectivity index (χ1) is 13.0. The Morgan fingerprint density at radius 2 is 1.66 bits per heavy atom. The summed E-state index contributed by atoms with van der Waals surface area (Å²) in [6.45, 7) is 0.451. The molecule has 5 nitrogen and oxygen atoms in total. The van der Waals surface area contributed by atoms with Crippen molar-refractivity contribution in [2.24, 2.45) is 0 Å². The van der Waals surface area contributed by atoms with Gasteiger partial charge in [0.2, 0.25) is 0 Å². The molecule has 2 aromatic heterocycles. The quantitative estimate of drug-likeness (QED) is 0.530. The van der Waals surface area contributed by atoms with E-state index in [9.17, 15) is 39.2 Å². The monoisotopic (exact) mass is 511 g/mol. The first-order valence-electron chi connectivity index (χ1n) is 7.78. The fraction of sp³-hybridized carbons (Fsp3) is 0.467. The molecule has 0 bridgehead atoms. The van der Waals surface area contributed by atoms with Gasteiger partial charge < -0.3 is 4.57 Å². The van der Waals surface area contributed by atoms with E-state index in [0.29, 0.717) is 15.4 Å². The van der Waals surface area contributed by atoms with Crippen LogP contribution in [0.5, 0.6) is 0 Å². The standard InChI is InChI=1S/C15H13BrF7N3O2S/c1-3-29(27,28)10-4-9(16)5-24-12(10)11-8(2)26(7-25-11)6-13(17,18)14(19,20)15(21,22)23/h4-5,7H,3,6H2,1-2H3. The van der Waals surface area contributed by atoms with Crippen molar-refractivity contribution in [2.75, 3.05) is 5.75 Å². The first-order valence-corrected chi connectivity index (χ1v) is 10.2. The lowest BCUT2D eigenvalue weighted by molar-refractivity contribution is -0.357. The fourth-order valence-electron chi connectivity index (χ4n) is 2.35. The number of hydrogen-bond acceptors (Lipinski definition) is 4.